The summed E-state index contributed by atoms with van der Waals surface area (Å²) < 4.78 is 43.0. The maximum atomic E-state index is 12.6. The summed E-state index contributed by atoms with van der Waals surface area (Å²) in [5, 5.41) is 3.23. The number of halogens is 3. The van der Waals surface area contributed by atoms with Crippen molar-refractivity contribution in [3.05, 3.63) is 0 Å². The second kappa shape index (κ2) is 7.45. The Hall–Kier alpha value is -0.330. The van der Waals surface area contributed by atoms with E-state index in [0.717, 1.165) is 19.4 Å². The highest BCUT2D eigenvalue weighted by Crippen LogP contribution is 2.31. The molecule has 0 saturated heterocycles. The number of hydrogen-bond acceptors (Lipinski definition) is 3. The van der Waals surface area contributed by atoms with Crippen molar-refractivity contribution in [2.24, 2.45) is 5.92 Å². The lowest BCUT2D eigenvalue weighted by molar-refractivity contribution is -0.154. The van der Waals surface area contributed by atoms with Crippen LogP contribution in [0, 0.1) is 5.92 Å². The van der Waals surface area contributed by atoms with E-state index in [1.54, 1.807) is 4.90 Å². The highest BCUT2D eigenvalue weighted by atomic mass is 19.4. The van der Waals surface area contributed by atoms with Gasteiger partial charge in [0.1, 0.15) is 0 Å². The Morgan fingerprint density at radius 1 is 1.26 bits per heavy atom. The van der Waals surface area contributed by atoms with Crippen LogP contribution in [0.1, 0.15) is 26.7 Å². The summed E-state index contributed by atoms with van der Waals surface area (Å²) in [7, 11) is 1.54. The number of ether oxygens (including phenoxy) is 1. The fraction of sp³-hybridized carbons (Fsp3) is 1.00. The topological polar surface area (TPSA) is 24.5 Å². The summed E-state index contributed by atoms with van der Waals surface area (Å²) in [6.07, 6.45) is -2.42. The monoisotopic (exact) mass is 282 g/mol. The Labute approximate surface area is 113 Å². The first kappa shape index (κ1) is 16.7. The van der Waals surface area contributed by atoms with Crippen molar-refractivity contribution in [3.63, 3.8) is 0 Å². The van der Waals surface area contributed by atoms with Crippen LogP contribution in [0.15, 0.2) is 0 Å². The van der Waals surface area contributed by atoms with Crippen molar-refractivity contribution in [2.75, 3.05) is 33.4 Å². The molecule has 1 N–H and O–H groups in total. The molecule has 19 heavy (non-hydrogen) atoms. The van der Waals surface area contributed by atoms with Crippen LogP contribution in [0.4, 0.5) is 13.2 Å². The van der Waals surface area contributed by atoms with Crippen molar-refractivity contribution < 1.29 is 17.9 Å². The fourth-order valence-corrected chi connectivity index (χ4v) is 2.17. The zero-order valence-corrected chi connectivity index (χ0v) is 12.0. The molecule has 0 radical (unpaired) electrons. The van der Waals surface area contributed by atoms with Gasteiger partial charge in [-0.25, -0.2) is 0 Å². The number of methoxy groups -OCH3 is 1. The van der Waals surface area contributed by atoms with Crippen LogP contribution < -0.4 is 5.32 Å². The Kier molecular flexibility index (Phi) is 6.56. The third-order valence-electron chi connectivity index (χ3n) is 3.14. The molecule has 0 aliphatic heterocycles. The second-order valence-electron chi connectivity index (χ2n) is 5.68. The number of rotatable bonds is 9. The number of alkyl halides is 3. The molecule has 114 valence electrons. The van der Waals surface area contributed by atoms with E-state index < -0.39 is 12.7 Å². The highest BCUT2D eigenvalue weighted by Gasteiger charge is 2.41. The highest BCUT2D eigenvalue weighted by molar-refractivity contribution is 4.90. The molecule has 0 heterocycles. The van der Waals surface area contributed by atoms with Crippen molar-refractivity contribution in [3.8, 4) is 0 Å². The largest absolute Gasteiger partial charge is 0.401 e. The van der Waals surface area contributed by atoms with E-state index in [0.29, 0.717) is 19.1 Å². The van der Waals surface area contributed by atoms with Crippen molar-refractivity contribution >= 4 is 0 Å². The molecular weight excluding hydrogens is 257 g/mol. The average molecular weight is 282 g/mol. The van der Waals surface area contributed by atoms with E-state index in [-0.39, 0.29) is 12.1 Å². The summed E-state index contributed by atoms with van der Waals surface area (Å²) in [4.78, 5) is 1.55. The van der Waals surface area contributed by atoms with E-state index in [2.05, 4.69) is 19.2 Å². The Balaban J connectivity index is 2.53. The van der Waals surface area contributed by atoms with Gasteiger partial charge < -0.3 is 10.1 Å². The van der Waals surface area contributed by atoms with E-state index in [9.17, 15) is 13.2 Å². The van der Waals surface area contributed by atoms with Crippen molar-refractivity contribution in [1.82, 2.24) is 10.2 Å². The Morgan fingerprint density at radius 3 is 2.32 bits per heavy atom. The molecule has 1 aliphatic rings. The van der Waals surface area contributed by atoms with Gasteiger partial charge in [-0.15, -0.1) is 0 Å². The number of nitrogens with one attached hydrogen (secondary N) is 1. The molecule has 0 aromatic rings. The predicted octanol–water partition coefficient (Wildman–Crippen LogP) is 2.27. The lowest BCUT2D eigenvalue weighted by atomic mass is 10.2. The molecular formula is C13H25F3N2O. The molecule has 1 fully saturated rings. The van der Waals surface area contributed by atoms with Gasteiger partial charge in [-0.2, -0.15) is 13.2 Å². The Morgan fingerprint density at radius 2 is 1.89 bits per heavy atom. The van der Waals surface area contributed by atoms with Crippen LogP contribution in [0.2, 0.25) is 0 Å². The third-order valence-corrected chi connectivity index (χ3v) is 3.14. The molecule has 1 aliphatic carbocycles. The summed E-state index contributed by atoms with van der Waals surface area (Å²) >= 11 is 0. The van der Waals surface area contributed by atoms with Crippen molar-refractivity contribution in [1.29, 1.82) is 0 Å². The molecule has 0 bridgehead atoms. The molecule has 1 saturated carbocycles. The Bertz CT molecular complexity index is 255. The quantitative estimate of drug-likeness (QED) is 0.702. The first-order valence-corrected chi connectivity index (χ1v) is 6.85. The zero-order chi connectivity index (χ0) is 14.5. The normalized spacial score (nSPS) is 18.3. The predicted molar refractivity (Wildman–Crippen MR) is 69.2 cm³/mol. The SMILES string of the molecule is COCC(CNCC(C)C)N(CC(F)(F)F)C1CC1. The van der Waals surface area contributed by atoms with E-state index in [1.165, 1.54) is 7.11 Å². The van der Waals surface area contributed by atoms with Gasteiger partial charge in [0.25, 0.3) is 0 Å². The van der Waals surface area contributed by atoms with Gasteiger partial charge in [-0.3, -0.25) is 4.90 Å². The van der Waals surface area contributed by atoms with Crippen molar-refractivity contribution in [2.45, 2.75) is 44.9 Å². The third kappa shape index (κ3) is 7.13. The van der Waals surface area contributed by atoms with Crippen LogP contribution in [-0.4, -0.2) is 56.5 Å². The van der Waals surface area contributed by atoms with Gasteiger partial charge >= 0.3 is 6.18 Å². The number of nitrogens with zero attached hydrogens (tertiary/aromatic N) is 1. The van der Waals surface area contributed by atoms with Gasteiger partial charge in [0.2, 0.25) is 0 Å². The van der Waals surface area contributed by atoms with Gasteiger partial charge in [0.15, 0.2) is 0 Å². The minimum Gasteiger partial charge on any atom is -0.383 e. The van der Waals surface area contributed by atoms with E-state index in [4.69, 9.17) is 4.74 Å². The molecule has 6 heteroatoms. The lowest BCUT2D eigenvalue weighted by Gasteiger charge is -2.32. The molecule has 1 atom stereocenters. The van der Waals surface area contributed by atoms with Gasteiger partial charge in [-0.1, -0.05) is 13.8 Å². The van der Waals surface area contributed by atoms with Crippen LogP contribution in [0.25, 0.3) is 0 Å². The molecule has 0 amide bonds. The number of hydrogen-bond donors (Lipinski definition) is 1. The first-order chi connectivity index (χ1) is 8.83. The van der Waals surface area contributed by atoms with Crippen LogP contribution in [-0.2, 0) is 4.74 Å². The minimum atomic E-state index is -4.15. The van der Waals surface area contributed by atoms with E-state index in [1.807, 2.05) is 0 Å². The summed E-state index contributed by atoms with van der Waals surface area (Å²) in [5.74, 6) is 0.486. The molecule has 0 aromatic heterocycles. The molecule has 1 rings (SSSR count). The minimum absolute atomic E-state index is 0.0719. The molecule has 0 spiro atoms. The summed E-state index contributed by atoms with van der Waals surface area (Å²) in [6.45, 7) is 5.00. The summed E-state index contributed by atoms with van der Waals surface area (Å²) in [6, 6.07) is -0.138. The molecule has 3 nitrogen and oxygen atoms in total. The van der Waals surface area contributed by atoms with Crippen LogP contribution in [0.5, 0.6) is 0 Å². The lowest BCUT2D eigenvalue weighted by Crippen LogP contribution is -2.50. The second-order valence-corrected chi connectivity index (χ2v) is 5.68. The van der Waals surface area contributed by atoms with E-state index >= 15 is 0 Å². The zero-order valence-electron chi connectivity index (χ0n) is 12.0. The van der Waals surface area contributed by atoms with Gasteiger partial charge in [-0.05, 0) is 25.3 Å². The van der Waals surface area contributed by atoms with Crippen LogP contribution >= 0.6 is 0 Å². The first-order valence-electron chi connectivity index (χ1n) is 6.85. The molecule has 0 aromatic carbocycles. The maximum Gasteiger partial charge on any atom is 0.401 e. The maximum absolute atomic E-state index is 12.6. The van der Waals surface area contributed by atoms with Gasteiger partial charge in [0, 0.05) is 25.7 Å². The van der Waals surface area contributed by atoms with Crippen LogP contribution in [0.3, 0.4) is 0 Å². The standard InChI is InChI=1S/C13H25F3N2O/c1-10(2)6-17-7-12(8-19-3)18(11-4-5-11)9-13(14,15)16/h10-12,17H,4-9H2,1-3H3. The fourth-order valence-electron chi connectivity index (χ4n) is 2.17. The molecule has 1 unspecified atom stereocenters. The van der Waals surface area contributed by atoms with Gasteiger partial charge in [0.05, 0.1) is 13.2 Å². The average Bonchev–Trinajstić information content (AvgIpc) is 3.07. The summed E-state index contributed by atoms with van der Waals surface area (Å²) in [5.41, 5.74) is 0. The smallest absolute Gasteiger partial charge is 0.383 e.